The zero-order chi connectivity index (χ0) is 14.4. The highest BCUT2D eigenvalue weighted by atomic mass is 16.4. The van der Waals surface area contributed by atoms with E-state index in [9.17, 15) is 14.7 Å². The number of carboxylic acids is 1. The van der Waals surface area contributed by atoms with Crippen molar-refractivity contribution in [3.8, 4) is 5.75 Å². The number of aliphatic carboxylic acids is 1. The number of nitrogens with one attached hydrogen (secondary N) is 1. The number of benzene rings is 1. The molecular formula is C14H19NO4. The predicted octanol–water partition coefficient (Wildman–Crippen LogP) is 1.55. The normalized spacial score (nSPS) is 13.6. The second kappa shape index (κ2) is 6.78. The number of carboxylic acid groups (broad SMARTS) is 1. The molecule has 19 heavy (non-hydrogen) atoms. The minimum atomic E-state index is -1.03. The predicted molar refractivity (Wildman–Crippen MR) is 70.8 cm³/mol. The highest BCUT2D eigenvalue weighted by molar-refractivity contribution is 5.85. The third-order valence-corrected chi connectivity index (χ3v) is 3.07. The zero-order valence-corrected chi connectivity index (χ0v) is 11.1. The van der Waals surface area contributed by atoms with Gasteiger partial charge in [-0.25, -0.2) is 4.79 Å². The SMILES string of the molecule is CC[C@H](C)[C@H](NC(=O)Cc1cccc(O)c1)C(=O)O. The summed E-state index contributed by atoms with van der Waals surface area (Å²) in [5.74, 6) is -1.44. The highest BCUT2D eigenvalue weighted by Crippen LogP contribution is 2.12. The van der Waals surface area contributed by atoms with Gasteiger partial charge in [0.25, 0.3) is 0 Å². The van der Waals surface area contributed by atoms with Gasteiger partial charge >= 0.3 is 5.97 Å². The monoisotopic (exact) mass is 265 g/mol. The van der Waals surface area contributed by atoms with Gasteiger partial charge in [0.1, 0.15) is 11.8 Å². The summed E-state index contributed by atoms with van der Waals surface area (Å²) < 4.78 is 0. The van der Waals surface area contributed by atoms with E-state index in [2.05, 4.69) is 5.32 Å². The quantitative estimate of drug-likeness (QED) is 0.728. The Morgan fingerprint density at radius 1 is 1.37 bits per heavy atom. The van der Waals surface area contributed by atoms with Crippen molar-refractivity contribution in [3.63, 3.8) is 0 Å². The average molecular weight is 265 g/mol. The van der Waals surface area contributed by atoms with Gasteiger partial charge in [-0.05, 0) is 23.6 Å². The summed E-state index contributed by atoms with van der Waals surface area (Å²) in [7, 11) is 0. The fourth-order valence-corrected chi connectivity index (χ4v) is 1.76. The molecule has 1 aromatic rings. The van der Waals surface area contributed by atoms with Crippen LogP contribution in [0.5, 0.6) is 5.75 Å². The Labute approximate surface area is 112 Å². The van der Waals surface area contributed by atoms with Gasteiger partial charge in [-0.1, -0.05) is 32.4 Å². The van der Waals surface area contributed by atoms with Crippen LogP contribution in [0, 0.1) is 5.92 Å². The minimum Gasteiger partial charge on any atom is -0.508 e. The van der Waals surface area contributed by atoms with E-state index in [4.69, 9.17) is 5.11 Å². The van der Waals surface area contributed by atoms with Crippen LogP contribution in [0.1, 0.15) is 25.8 Å². The number of hydrogen-bond donors (Lipinski definition) is 3. The molecule has 2 atom stereocenters. The van der Waals surface area contributed by atoms with Crippen molar-refractivity contribution in [2.24, 2.45) is 5.92 Å². The molecule has 0 spiro atoms. The van der Waals surface area contributed by atoms with Gasteiger partial charge in [0.2, 0.25) is 5.91 Å². The van der Waals surface area contributed by atoms with Gasteiger partial charge in [0.15, 0.2) is 0 Å². The molecule has 3 N–H and O–H groups in total. The summed E-state index contributed by atoms with van der Waals surface area (Å²) in [5, 5.41) is 20.9. The molecule has 1 rings (SSSR count). The molecule has 0 heterocycles. The van der Waals surface area contributed by atoms with E-state index in [1.54, 1.807) is 19.1 Å². The fourth-order valence-electron chi connectivity index (χ4n) is 1.76. The molecule has 104 valence electrons. The summed E-state index contributed by atoms with van der Waals surface area (Å²) in [6, 6.07) is 5.47. The summed E-state index contributed by atoms with van der Waals surface area (Å²) in [6.45, 7) is 3.66. The van der Waals surface area contributed by atoms with Crippen molar-refractivity contribution in [2.45, 2.75) is 32.7 Å². The summed E-state index contributed by atoms with van der Waals surface area (Å²) in [6.07, 6.45) is 0.720. The van der Waals surface area contributed by atoms with Crippen molar-refractivity contribution in [1.82, 2.24) is 5.32 Å². The largest absolute Gasteiger partial charge is 0.508 e. The minimum absolute atomic E-state index is 0.0502. The van der Waals surface area contributed by atoms with E-state index in [1.165, 1.54) is 12.1 Å². The molecular weight excluding hydrogens is 246 g/mol. The van der Waals surface area contributed by atoms with Crippen molar-refractivity contribution in [2.75, 3.05) is 0 Å². The Hall–Kier alpha value is -2.04. The van der Waals surface area contributed by atoms with Crippen LogP contribution in [0.15, 0.2) is 24.3 Å². The summed E-state index contributed by atoms with van der Waals surface area (Å²) in [5.41, 5.74) is 0.644. The number of aromatic hydroxyl groups is 1. The molecule has 1 amide bonds. The number of phenols is 1. The molecule has 0 bridgehead atoms. The molecule has 0 radical (unpaired) electrons. The van der Waals surface area contributed by atoms with Gasteiger partial charge in [-0.3, -0.25) is 4.79 Å². The molecule has 0 aliphatic heterocycles. The van der Waals surface area contributed by atoms with Gasteiger partial charge in [0.05, 0.1) is 6.42 Å². The Bertz CT molecular complexity index is 459. The van der Waals surface area contributed by atoms with Gasteiger partial charge in [-0.2, -0.15) is 0 Å². The van der Waals surface area contributed by atoms with Gasteiger partial charge in [-0.15, -0.1) is 0 Å². The van der Waals surface area contributed by atoms with Crippen molar-refractivity contribution < 1.29 is 19.8 Å². The van der Waals surface area contributed by atoms with Crippen LogP contribution in [-0.2, 0) is 16.0 Å². The lowest BCUT2D eigenvalue weighted by Gasteiger charge is -2.20. The molecule has 0 fully saturated rings. The lowest BCUT2D eigenvalue weighted by Crippen LogP contribution is -2.45. The lowest BCUT2D eigenvalue weighted by molar-refractivity contribution is -0.143. The molecule has 0 aliphatic carbocycles. The standard InChI is InChI=1S/C14H19NO4/c1-3-9(2)13(14(18)19)15-12(17)8-10-5-4-6-11(16)7-10/h4-7,9,13,16H,3,8H2,1-2H3,(H,15,17)(H,18,19)/t9-,13-/m0/s1. The van der Waals surface area contributed by atoms with Crippen molar-refractivity contribution in [3.05, 3.63) is 29.8 Å². The molecule has 0 aliphatic rings. The fraction of sp³-hybridized carbons (Fsp3) is 0.429. The first-order valence-electron chi connectivity index (χ1n) is 6.24. The van der Waals surface area contributed by atoms with E-state index < -0.39 is 12.0 Å². The molecule has 0 saturated heterocycles. The van der Waals surface area contributed by atoms with E-state index in [-0.39, 0.29) is 24.0 Å². The van der Waals surface area contributed by atoms with E-state index in [1.807, 2.05) is 6.92 Å². The Morgan fingerprint density at radius 3 is 2.58 bits per heavy atom. The maximum Gasteiger partial charge on any atom is 0.326 e. The average Bonchev–Trinajstić information content (AvgIpc) is 2.34. The highest BCUT2D eigenvalue weighted by Gasteiger charge is 2.25. The summed E-state index contributed by atoms with van der Waals surface area (Å²) >= 11 is 0. The molecule has 5 heteroatoms. The second-order valence-corrected chi connectivity index (χ2v) is 4.62. The Morgan fingerprint density at radius 2 is 2.05 bits per heavy atom. The van der Waals surface area contributed by atoms with Gasteiger partial charge < -0.3 is 15.5 Å². The first kappa shape index (κ1) is 15.0. The van der Waals surface area contributed by atoms with E-state index in [0.717, 1.165) is 0 Å². The molecule has 1 aromatic carbocycles. The van der Waals surface area contributed by atoms with Crippen LogP contribution in [0.3, 0.4) is 0 Å². The van der Waals surface area contributed by atoms with Gasteiger partial charge in [0, 0.05) is 0 Å². The number of rotatable bonds is 6. The Balaban J connectivity index is 2.65. The third-order valence-electron chi connectivity index (χ3n) is 3.07. The number of phenolic OH excluding ortho intramolecular Hbond substituents is 1. The molecule has 0 unspecified atom stereocenters. The zero-order valence-electron chi connectivity index (χ0n) is 11.1. The van der Waals surface area contributed by atoms with Crippen LogP contribution < -0.4 is 5.32 Å². The van der Waals surface area contributed by atoms with Crippen LogP contribution in [0.4, 0.5) is 0 Å². The number of hydrogen-bond acceptors (Lipinski definition) is 3. The maximum atomic E-state index is 11.8. The summed E-state index contributed by atoms with van der Waals surface area (Å²) in [4.78, 5) is 22.9. The lowest BCUT2D eigenvalue weighted by atomic mass is 9.99. The van der Waals surface area contributed by atoms with E-state index in [0.29, 0.717) is 12.0 Å². The van der Waals surface area contributed by atoms with Crippen LogP contribution in [0.25, 0.3) is 0 Å². The number of carbonyl (C=O) groups excluding carboxylic acids is 1. The first-order valence-corrected chi connectivity index (χ1v) is 6.24. The number of carbonyl (C=O) groups is 2. The number of amides is 1. The Kier molecular flexibility index (Phi) is 5.36. The smallest absolute Gasteiger partial charge is 0.326 e. The molecule has 0 saturated carbocycles. The first-order chi connectivity index (χ1) is 8.93. The van der Waals surface area contributed by atoms with Crippen molar-refractivity contribution >= 4 is 11.9 Å². The van der Waals surface area contributed by atoms with Crippen molar-refractivity contribution in [1.29, 1.82) is 0 Å². The third kappa shape index (κ3) is 4.62. The molecule has 0 aromatic heterocycles. The van der Waals surface area contributed by atoms with E-state index >= 15 is 0 Å². The second-order valence-electron chi connectivity index (χ2n) is 4.62. The molecule has 5 nitrogen and oxygen atoms in total. The van der Waals surface area contributed by atoms with Crippen LogP contribution in [0.2, 0.25) is 0 Å². The maximum absolute atomic E-state index is 11.8. The van der Waals surface area contributed by atoms with Crippen LogP contribution >= 0.6 is 0 Å². The topological polar surface area (TPSA) is 86.6 Å². The van der Waals surface area contributed by atoms with Crippen LogP contribution in [-0.4, -0.2) is 28.1 Å².